The summed E-state index contributed by atoms with van der Waals surface area (Å²) in [5.74, 6) is -0.626. The first-order valence-electron chi connectivity index (χ1n) is 7.03. The van der Waals surface area contributed by atoms with Gasteiger partial charge in [-0.2, -0.15) is 0 Å². The van der Waals surface area contributed by atoms with Crippen LogP contribution >= 0.6 is 0 Å². The molecule has 0 spiro atoms. The van der Waals surface area contributed by atoms with Crippen LogP contribution in [0.25, 0.3) is 10.8 Å². The van der Waals surface area contributed by atoms with Crippen LogP contribution in [0, 0.1) is 6.92 Å². The molecule has 0 aromatic heterocycles. The highest BCUT2D eigenvalue weighted by Crippen LogP contribution is 2.38. The molecule has 0 saturated carbocycles. The number of rotatable bonds is 5. The molecule has 3 heteroatoms. The van der Waals surface area contributed by atoms with Gasteiger partial charge in [0, 0.05) is 11.8 Å². The van der Waals surface area contributed by atoms with Gasteiger partial charge in [0.2, 0.25) is 0 Å². The van der Waals surface area contributed by atoms with Gasteiger partial charge in [0.05, 0.1) is 5.56 Å². The number of hydrogen-bond donors (Lipinski definition) is 2. The highest BCUT2D eigenvalue weighted by atomic mass is 16.3. The molecule has 2 aromatic rings. The Labute approximate surface area is 118 Å². The smallest absolute Gasteiger partial charge is 0.169 e. The number of aryl methyl sites for hydroxylation is 1. The SMILES string of the molecule is CCCCCC(=O)c1cc2cc(C)ccc2c(O)c1O. The van der Waals surface area contributed by atoms with Gasteiger partial charge in [-0.1, -0.05) is 43.5 Å². The molecule has 2 rings (SSSR count). The lowest BCUT2D eigenvalue weighted by Crippen LogP contribution is -2.00. The topological polar surface area (TPSA) is 57.5 Å². The first kappa shape index (κ1) is 14.4. The van der Waals surface area contributed by atoms with E-state index in [1.165, 1.54) is 0 Å². The van der Waals surface area contributed by atoms with Crippen LogP contribution in [0.2, 0.25) is 0 Å². The van der Waals surface area contributed by atoms with Gasteiger partial charge in [-0.25, -0.2) is 0 Å². The number of phenolic OH excluding ortho intramolecular Hbond substituents is 2. The predicted molar refractivity (Wildman–Crippen MR) is 80.5 cm³/mol. The Morgan fingerprint density at radius 3 is 2.55 bits per heavy atom. The summed E-state index contributed by atoms with van der Waals surface area (Å²) in [6.07, 6.45) is 3.24. The van der Waals surface area contributed by atoms with Crippen LogP contribution in [0.15, 0.2) is 24.3 Å². The summed E-state index contributed by atoms with van der Waals surface area (Å²) in [6.45, 7) is 4.03. The van der Waals surface area contributed by atoms with E-state index in [4.69, 9.17) is 0 Å². The lowest BCUT2D eigenvalue weighted by molar-refractivity contribution is 0.0976. The summed E-state index contributed by atoms with van der Waals surface area (Å²) < 4.78 is 0. The number of fused-ring (bicyclic) bond motifs is 1. The third-order valence-electron chi connectivity index (χ3n) is 3.55. The molecule has 0 fully saturated rings. The van der Waals surface area contributed by atoms with Crippen LogP contribution in [0.4, 0.5) is 0 Å². The van der Waals surface area contributed by atoms with Crippen molar-refractivity contribution in [1.29, 1.82) is 0 Å². The Bertz CT molecular complexity index is 644. The Morgan fingerprint density at radius 2 is 1.85 bits per heavy atom. The van der Waals surface area contributed by atoms with Crippen LogP contribution in [0.3, 0.4) is 0 Å². The van der Waals surface area contributed by atoms with Crippen molar-refractivity contribution in [3.63, 3.8) is 0 Å². The van der Waals surface area contributed by atoms with Crippen molar-refractivity contribution < 1.29 is 15.0 Å². The molecule has 0 aliphatic carbocycles. The van der Waals surface area contributed by atoms with Crippen molar-refractivity contribution >= 4 is 16.6 Å². The van der Waals surface area contributed by atoms with E-state index >= 15 is 0 Å². The molecule has 0 aliphatic rings. The second-order valence-corrected chi connectivity index (χ2v) is 5.23. The van der Waals surface area contributed by atoms with Gasteiger partial charge in [-0.3, -0.25) is 4.79 Å². The third-order valence-corrected chi connectivity index (χ3v) is 3.55. The van der Waals surface area contributed by atoms with E-state index in [-0.39, 0.29) is 22.8 Å². The highest BCUT2D eigenvalue weighted by molar-refractivity contribution is 6.05. The minimum absolute atomic E-state index is 0.116. The lowest BCUT2D eigenvalue weighted by Gasteiger charge is -2.10. The van der Waals surface area contributed by atoms with Gasteiger partial charge in [0.1, 0.15) is 0 Å². The van der Waals surface area contributed by atoms with Crippen LogP contribution < -0.4 is 0 Å². The van der Waals surface area contributed by atoms with E-state index in [2.05, 4.69) is 6.92 Å². The van der Waals surface area contributed by atoms with Crippen molar-refractivity contribution in [3.8, 4) is 11.5 Å². The van der Waals surface area contributed by atoms with Gasteiger partial charge in [0.15, 0.2) is 17.3 Å². The quantitative estimate of drug-likeness (QED) is 0.484. The van der Waals surface area contributed by atoms with Gasteiger partial charge >= 0.3 is 0 Å². The average Bonchev–Trinajstić information content (AvgIpc) is 2.42. The van der Waals surface area contributed by atoms with E-state index in [1.54, 1.807) is 12.1 Å². The number of carbonyl (C=O) groups is 1. The average molecular weight is 272 g/mol. The first-order valence-corrected chi connectivity index (χ1v) is 7.03. The molecule has 106 valence electrons. The fourth-order valence-electron chi connectivity index (χ4n) is 2.38. The Morgan fingerprint density at radius 1 is 1.10 bits per heavy atom. The summed E-state index contributed by atoms with van der Waals surface area (Å²) >= 11 is 0. The number of unbranched alkanes of at least 4 members (excludes halogenated alkanes) is 2. The summed E-state index contributed by atoms with van der Waals surface area (Å²) in [6, 6.07) is 7.19. The van der Waals surface area contributed by atoms with Crippen LogP contribution in [-0.2, 0) is 0 Å². The van der Waals surface area contributed by atoms with Gasteiger partial charge < -0.3 is 10.2 Å². The molecule has 0 aliphatic heterocycles. The van der Waals surface area contributed by atoms with E-state index in [0.717, 1.165) is 30.2 Å². The third kappa shape index (κ3) is 2.77. The van der Waals surface area contributed by atoms with Crippen molar-refractivity contribution in [1.82, 2.24) is 0 Å². The van der Waals surface area contributed by atoms with Crippen LogP contribution in [-0.4, -0.2) is 16.0 Å². The minimum atomic E-state index is -0.303. The molecule has 3 nitrogen and oxygen atoms in total. The second kappa shape index (κ2) is 5.95. The van der Waals surface area contributed by atoms with Crippen molar-refractivity contribution in [2.75, 3.05) is 0 Å². The van der Waals surface area contributed by atoms with Crippen molar-refractivity contribution in [2.24, 2.45) is 0 Å². The molecule has 0 heterocycles. The maximum absolute atomic E-state index is 12.2. The van der Waals surface area contributed by atoms with E-state index in [0.29, 0.717) is 11.8 Å². The Hall–Kier alpha value is -2.03. The number of aromatic hydroxyl groups is 2. The summed E-state index contributed by atoms with van der Waals surface area (Å²) in [7, 11) is 0. The van der Waals surface area contributed by atoms with Crippen LogP contribution in [0.5, 0.6) is 11.5 Å². The molecule has 2 aromatic carbocycles. The molecule has 0 amide bonds. The number of benzene rings is 2. The van der Waals surface area contributed by atoms with Crippen LogP contribution in [0.1, 0.15) is 48.5 Å². The number of Topliss-reactive ketones (excluding diaryl/α,β-unsaturated/α-hetero) is 1. The van der Waals surface area contributed by atoms with Gasteiger partial charge in [0.25, 0.3) is 0 Å². The molecule has 0 saturated heterocycles. The molecule has 20 heavy (non-hydrogen) atoms. The zero-order chi connectivity index (χ0) is 14.7. The minimum Gasteiger partial charge on any atom is -0.504 e. The summed E-state index contributed by atoms with van der Waals surface area (Å²) in [5.41, 5.74) is 1.27. The molecular weight excluding hydrogens is 252 g/mol. The largest absolute Gasteiger partial charge is 0.504 e. The fraction of sp³-hybridized carbons (Fsp3) is 0.353. The van der Waals surface area contributed by atoms with Gasteiger partial charge in [-0.15, -0.1) is 0 Å². The predicted octanol–water partition coefficient (Wildman–Crippen LogP) is 4.32. The standard InChI is InChI=1S/C17H20O3/c1-3-4-5-6-15(18)14-10-12-9-11(2)7-8-13(12)16(19)17(14)20/h7-10,19-20H,3-6H2,1-2H3. The molecule has 0 unspecified atom stereocenters. The highest BCUT2D eigenvalue weighted by Gasteiger charge is 2.17. The first-order chi connectivity index (χ1) is 9.54. The van der Waals surface area contributed by atoms with Gasteiger partial charge in [-0.05, 0) is 24.8 Å². The Balaban J connectivity index is 2.43. The molecule has 0 radical (unpaired) electrons. The summed E-state index contributed by atoms with van der Waals surface area (Å²) in [4.78, 5) is 12.2. The van der Waals surface area contributed by atoms with E-state index < -0.39 is 0 Å². The lowest BCUT2D eigenvalue weighted by atomic mass is 9.98. The normalized spacial score (nSPS) is 10.9. The fourth-order valence-corrected chi connectivity index (χ4v) is 2.38. The number of phenols is 2. The molecular formula is C17H20O3. The van der Waals surface area contributed by atoms with E-state index in [1.807, 2.05) is 19.1 Å². The Kier molecular flexibility index (Phi) is 4.28. The van der Waals surface area contributed by atoms with E-state index in [9.17, 15) is 15.0 Å². The molecule has 0 bridgehead atoms. The second-order valence-electron chi connectivity index (χ2n) is 5.23. The molecule has 2 N–H and O–H groups in total. The van der Waals surface area contributed by atoms with Crippen molar-refractivity contribution in [2.45, 2.75) is 39.5 Å². The van der Waals surface area contributed by atoms with Crippen molar-refractivity contribution in [3.05, 3.63) is 35.4 Å². The zero-order valence-electron chi connectivity index (χ0n) is 11.9. The zero-order valence-corrected chi connectivity index (χ0v) is 11.9. The summed E-state index contributed by atoms with van der Waals surface area (Å²) in [5, 5.41) is 21.4. The monoisotopic (exact) mass is 272 g/mol. The number of ketones is 1. The number of carbonyl (C=O) groups excluding carboxylic acids is 1. The molecule has 0 atom stereocenters. The number of hydrogen-bond acceptors (Lipinski definition) is 3. The maximum atomic E-state index is 12.2. The maximum Gasteiger partial charge on any atom is 0.169 e.